The number of nitrogens with two attached hydrogens (primary N) is 1. The lowest BCUT2D eigenvalue weighted by Gasteiger charge is -2.15. The summed E-state index contributed by atoms with van der Waals surface area (Å²) in [7, 11) is 1.22. The number of carbonyl (C=O) groups is 1. The molecule has 0 aliphatic heterocycles. The van der Waals surface area contributed by atoms with Crippen molar-refractivity contribution in [1.82, 2.24) is 0 Å². The quantitative estimate of drug-likeness (QED) is 0.638. The van der Waals surface area contributed by atoms with Crippen molar-refractivity contribution < 1.29 is 18.3 Å². The van der Waals surface area contributed by atoms with E-state index >= 15 is 0 Å². The van der Waals surface area contributed by atoms with Crippen LogP contribution in [0.2, 0.25) is 0 Å². The van der Waals surface area contributed by atoms with Crippen LogP contribution in [-0.2, 0) is 9.53 Å². The molecule has 0 bridgehead atoms. The van der Waals surface area contributed by atoms with E-state index < -0.39 is 23.5 Å². The lowest BCUT2D eigenvalue weighted by atomic mass is 9.94. The zero-order valence-corrected chi connectivity index (χ0v) is 9.09. The largest absolute Gasteiger partial charge is 0.469 e. The first-order valence-corrected chi connectivity index (χ1v) is 4.83. The maximum atomic E-state index is 13.2. The molecule has 1 aromatic carbocycles. The predicted molar refractivity (Wildman–Crippen MR) is 55.8 cm³/mol. The van der Waals surface area contributed by atoms with E-state index in [0.29, 0.717) is 12.5 Å². The van der Waals surface area contributed by atoms with Gasteiger partial charge >= 0.3 is 5.97 Å². The summed E-state index contributed by atoms with van der Waals surface area (Å²) >= 11 is 0. The third-order valence-corrected chi connectivity index (χ3v) is 2.40. The zero-order valence-electron chi connectivity index (χ0n) is 9.09. The minimum Gasteiger partial charge on any atom is -0.469 e. The van der Waals surface area contributed by atoms with Crippen molar-refractivity contribution in [3.05, 3.63) is 29.3 Å². The number of esters is 1. The first kappa shape index (κ1) is 12.4. The molecule has 0 aromatic heterocycles. The van der Waals surface area contributed by atoms with Gasteiger partial charge in [0.2, 0.25) is 0 Å². The molecule has 1 aromatic rings. The topological polar surface area (TPSA) is 52.3 Å². The highest BCUT2D eigenvalue weighted by Crippen LogP contribution is 2.29. The molecule has 0 spiro atoms. The van der Waals surface area contributed by atoms with E-state index in [2.05, 4.69) is 4.74 Å². The van der Waals surface area contributed by atoms with Crippen LogP contribution in [0.3, 0.4) is 0 Å². The number of hydrogen-bond acceptors (Lipinski definition) is 3. The summed E-state index contributed by atoms with van der Waals surface area (Å²) < 4.78 is 30.8. The van der Waals surface area contributed by atoms with Gasteiger partial charge in [-0.25, -0.2) is 8.78 Å². The van der Waals surface area contributed by atoms with Gasteiger partial charge in [0.05, 0.1) is 18.7 Å². The van der Waals surface area contributed by atoms with Gasteiger partial charge in [-0.05, 0) is 18.1 Å². The second-order valence-corrected chi connectivity index (χ2v) is 3.37. The Balaban J connectivity index is 3.24. The average molecular weight is 229 g/mol. The highest BCUT2D eigenvalue weighted by Gasteiger charge is 2.23. The average Bonchev–Trinajstić information content (AvgIpc) is 2.25. The number of benzene rings is 1. The van der Waals surface area contributed by atoms with Crippen LogP contribution in [0.25, 0.3) is 0 Å². The van der Waals surface area contributed by atoms with Crippen LogP contribution < -0.4 is 5.73 Å². The molecule has 1 atom stereocenters. The molecule has 3 nitrogen and oxygen atoms in total. The van der Waals surface area contributed by atoms with Gasteiger partial charge in [-0.3, -0.25) is 4.79 Å². The number of anilines is 1. The first-order valence-electron chi connectivity index (χ1n) is 4.83. The molecule has 0 saturated heterocycles. The molecule has 0 amide bonds. The Labute approximate surface area is 92.2 Å². The molecule has 0 radical (unpaired) electrons. The van der Waals surface area contributed by atoms with Crippen molar-refractivity contribution in [2.45, 2.75) is 19.3 Å². The number of methoxy groups -OCH3 is 1. The molecule has 0 fully saturated rings. The van der Waals surface area contributed by atoms with Crippen LogP contribution >= 0.6 is 0 Å². The monoisotopic (exact) mass is 229 g/mol. The molecule has 0 heterocycles. The van der Waals surface area contributed by atoms with Crippen LogP contribution in [0.4, 0.5) is 14.5 Å². The molecule has 0 aliphatic carbocycles. The van der Waals surface area contributed by atoms with E-state index in [0.717, 1.165) is 6.07 Å². The highest BCUT2D eigenvalue weighted by molar-refractivity contribution is 5.80. The summed E-state index contributed by atoms with van der Waals surface area (Å²) in [6.45, 7) is 1.71. The highest BCUT2D eigenvalue weighted by atomic mass is 19.1. The lowest BCUT2D eigenvalue weighted by Crippen LogP contribution is -2.16. The van der Waals surface area contributed by atoms with Gasteiger partial charge < -0.3 is 10.5 Å². The SMILES string of the molecule is CCC(C(=O)OC)c1cc(F)cc(F)c1N. The van der Waals surface area contributed by atoms with Crippen LogP contribution in [0, 0.1) is 11.6 Å². The van der Waals surface area contributed by atoms with Gasteiger partial charge in [-0.1, -0.05) is 6.92 Å². The molecule has 0 saturated carbocycles. The number of hydrogen-bond donors (Lipinski definition) is 1. The predicted octanol–water partition coefficient (Wildman–Crippen LogP) is 2.21. The number of nitrogen functional groups attached to an aromatic ring is 1. The van der Waals surface area contributed by atoms with E-state index in [1.807, 2.05) is 0 Å². The molecule has 88 valence electrons. The Morgan fingerprint density at radius 3 is 2.62 bits per heavy atom. The van der Waals surface area contributed by atoms with E-state index in [1.54, 1.807) is 6.92 Å². The van der Waals surface area contributed by atoms with E-state index in [1.165, 1.54) is 7.11 Å². The van der Waals surface area contributed by atoms with Crippen molar-refractivity contribution in [3.63, 3.8) is 0 Å². The first-order chi connectivity index (χ1) is 7.51. The molecule has 16 heavy (non-hydrogen) atoms. The number of carbonyl (C=O) groups excluding carboxylic acids is 1. The molecular weight excluding hydrogens is 216 g/mol. The fraction of sp³-hybridized carbons (Fsp3) is 0.364. The van der Waals surface area contributed by atoms with Crippen molar-refractivity contribution in [1.29, 1.82) is 0 Å². The lowest BCUT2D eigenvalue weighted by molar-refractivity contribution is -0.142. The normalized spacial score (nSPS) is 12.2. The number of rotatable bonds is 3. The van der Waals surface area contributed by atoms with Crippen molar-refractivity contribution in [2.75, 3.05) is 12.8 Å². The maximum absolute atomic E-state index is 13.2. The van der Waals surface area contributed by atoms with E-state index in [4.69, 9.17) is 5.73 Å². The van der Waals surface area contributed by atoms with Crippen LogP contribution in [0.15, 0.2) is 12.1 Å². The molecular formula is C11H13F2NO2. The summed E-state index contributed by atoms with van der Waals surface area (Å²) in [6.07, 6.45) is 0.361. The van der Waals surface area contributed by atoms with Gasteiger partial charge in [-0.15, -0.1) is 0 Å². The summed E-state index contributed by atoms with van der Waals surface area (Å²) in [5, 5.41) is 0. The van der Waals surface area contributed by atoms with E-state index in [-0.39, 0.29) is 11.3 Å². The Morgan fingerprint density at radius 2 is 2.12 bits per heavy atom. The molecule has 0 aliphatic rings. The van der Waals surface area contributed by atoms with Gasteiger partial charge in [0.1, 0.15) is 11.6 Å². The standard InChI is InChI=1S/C11H13F2NO2/c1-3-7(11(15)16-2)8-4-6(12)5-9(13)10(8)14/h4-5,7H,3,14H2,1-2H3. The van der Waals surface area contributed by atoms with Crippen molar-refractivity contribution in [3.8, 4) is 0 Å². The Hall–Kier alpha value is -1.65. The molecule has 1 rings (SSSR count). The number of halogens is 2. The van der Waals surface area contributed by atoms with E-state index in [9.17, 15) is 13.6 Å². The van der Waals surface area contributed by atoms with Crippen LogP contribution in [0.1, 0.15) is 24.8 Å². The van der Waals surface area contributed by atoms with Gasteiger partial charge in [0.15, 0.2) is 0 Å². The minimum absolute atomic E-state index is 0.131. The molecule has 1 unspecified atom stereocenters. The third-order valence-electron chi connectivity index (χ3n) is 2.40. The maximum Gasteiger partial charge on any atom is 0.313 e. The fourth-order valence-corrected chi connectivity index (χ4v) is 1.55. The van der Waals surface area contributed by atoms with Gasteiger partial charge in [0.25, 0.3) is 0 Å². The Bertz CT molecular complexity index is 407. The van der Waals surface area contributed by atoms with Crippen molar-refractivity contribution >= 4 is 11.7 Å². The molecule has 5 heteroatoms. The summed E-state index contributed by atoms with van der Waals surface area (Å²) in [4.78, 5) is 11.4. The van der Waals surface area contributed by atoms with Crippen LogP contribution in [-0.4, -0.2) is 13.1 Å². The van der Waals surface area contributed by atoms with Gasteiger partial charge in [-0.2, -0.15) is 0 Å². The number of ether oxygens (including phenoxy) is 1. The van der Waals surface area contributed by atoms with Crippen LogP contribution in [0.5, 0.6) is 0 Å². The summed E-state index contributed by atoms with van der Waals surface area (Å²) in [6, 6.07) is 1.74. The summed E-state index contributed by atoms with van der Waals surface area (Å²) in [5.74, 6) is -2.92. The Morgan fingerprint density at radius 1 is 1.50 bits per heavy atom. The second kappa shape index (κ2) is 4.92. The third kappa shape index (κ3) is 2.29. The smallest absolute Gasteiger partial charge is 0.313 e. The second-order valence-electron chi connectivity index (χ2n) is 3.37. The zero-order chi connectivity index (χ0) is 12.3. The fourth-order valence-electron chi connectivity index (χ4n) is 1.55. The van der Waals surface area contributed by atoms with Crippen molar-refractivity contribution in [2.24, 2.45) is 0 Å². The Kier molecular flexibility index (Phi) is 3.82. The minimum atomic E-state index is -0.864. The van der Waals surface area contributed by atoms with Gasteiger partial charge in [0, 0.05) is 6.07 Å². The molecule has 2 N–H and O–H groups in total. The summed E-state index contributed by atoms with van der Waals surface area (Å²) in [5.41, 5.74) is 5.39.